The number of rotatable bonds is 5. The van der Waals surface area contributed by atoms with Gasteiger partial charge in [-0.2, -0.15) is 5.10 Å². The molecule has 2 rings (SSSR count). The van der Waals surface area contributed by atoms with E-state index in [2.05, 4.69) is 33.0 Å². The van der Waals surface area contributed by atoms with Crippen molar-refractivity contribution in [2.24, 2.45) is 0 Å². The summed E-state index contributed by atoms with van der Waals surface area (Å²) in [6, 6.07) is 5.08. The van der Waals surface area contributed by atoms with E-state index in [0.717, 1.165) is 9.13 Å². The Morgan fingerprint density at radius 3 is 2.89 bits per heavy atom. The zero-order chi connectivity index (χ0) is 13.8. The van der Waals surface area contributed by atoms with E-state index in [1.54, 1.807) is 16.9 Å². The van der Waals surface area contributed by atoms with E-state index in [4.69, 9.17) is 0 Å². The van der Waals surface area contributed by atoms with Crippen LogP contribution in [0.25, 0.3) is 0 Å². The molecule has 0 aliphatic heterocycles. The van der Waals surface area contributed by atoms with E-state index in [0.29, 0.717) is 18.8 Å². The highest BCUT2D eigenvalue weighted by Gasteiger charge is 2.16. The lowest BCUT2D eigenvalue weighted by Crippen LogP contribution is -2.08. The van der Waals surface area contributed by atoms with E-state index >= 15 is 0 Å². The third-order valence-electron chi connectivity index (χ3n) is 2.61. The summed E-state index contributed by atoms with van der Waals surface area (Å²) in [5.41, 5.74) is 1.53. The van der Waals surface area contributed by atoms with Crippen LogP contribution in [0.1, 0.15) is 12.5 Å². The van der Waals surface area contributed by atoms with Gasteiger partial charge < -0.3 is 5.32 Å². The van der Waals surface area contributed by atoms with Crippen LogP contribution < -0.4 is 5.32 Å². The summed E-state index contributed by atoms with van der Waals surface area (Å²) in [5.74, 6) is 0. The molecule has 7 heteroatoms. The number of nitrogens with one attached hydrogen (secondary N) is 1. The Labute approximate surface area is 124 Å². The molecule has 0 amide bonds. The molecule has 0 radical (unpaired) electrons. The molecule has 0 saturated heterocycles. The molecule has 1 heterocycles. The van der Waals surface area contributed by atoms with Crippen molar-refractivity contribution >= 4 is 34.0 Å². The smallest absolute Gasteiger partial charge is 0.292 e. The predicted octanol–water partition coefficient (Wildman–Crippen LogP) is 2.88. The summed E-state index contributed by atoms with van der Waals surface area (Å²) in [6.07, 6.45) is 3.65. The lowest BCUT2D eigenvalue weighted by Gasteiger charge is -2.11. The number of benzene rings is 1. The normalized spacial score (nSPS) is 10.4. The second kappa shape index (κ2) is 6.00. The largest absolute Gasteiger partial charge is 0.379 e. The molecule has 19 heavy (non-hydrogen) atoms. The van der Waals surface area contributed by atoms with Crippen LogP contribution in [0.4, 0.5) is 11.4 Å². The maximum atomic E-state index is 11.0. The molecular formula is C12H13IN4O2. The lowest BCUT2D eigenvalue weighted by atomic mass is 10.1. The molecule has 2 aromatic rings. The predicted molar refractivity (Wildman–Crippen MR) is 81.3 cm³/mol. The first-order valence-corrected chi connectivity index (χ1v) is 6.87. The van der Waals surface area contributed by atoms with Gasteiger partial charge in [0.2, 0.25) is 0 Å². The van der Waals surface area contributed by atoms with E-state index in [9.17, 15) is 10.1 Å². The van der Waals surface area contributed by atoms with E-state index in [1.807, 2.05) is 19.2 Å². The summed E-state index contributed by atoms with van der Waals surface area (Å²) >= 11 is 2.18. The third-order valence-corrected chi connectivity index (χ3v) is 3.17. The van der Waals surface area contributed by atoms with Crippen molar-refractivity contribution in [3.8, 4) is 0 Å². The van der Waals surface area contributed by atoms with Crippen LogP contribution in [0.2, 0.25) is 0 Å². The summed E-state index contributed by atoms with van der Waals surface area (Å²) in [6.45, 7) is 3.05. The molecule has 0 aliphatic rings. The Morgan fingerprint density at radius 2 is 2.32 bits per heavy atom. The quantitative estimate of drug-likeness (QED) is 0.498. The molecule has 0 bridgehead atoms. The highest BCUT2D eigenvalue weighted by Crippen LogP contribution is 2.28. The van der Waals surface area contributed by atoms with Crippen molar-refractivity contribution in [1.82, 2.24) is 9.78 Å². The maximum absolute atomic E-state index is 11.0. The lowest BCUT2D eigenvalue weighted by molar-refractivity contribution is -0.384. The second-order valence-electron chi connectivity index (χ2n) is 3.95. The number of nitrogens with zero attached hydrogens (tertiary/aromatic N) is 3. The van der Waals surface area contributed by atoms with Crippen molar-refractivity contribution in [3.05, 3.63) is 49.8 Å². The Morgan fingerprint density at radius 1 is 1.53 bits per heavy atom. The number of nitro groups is 1. The van der Waals surface area contributed by atoms with Gasteiger partial charge >= 0.3 is 0 Å². The fraction of sp³-hybridized carbons (Fsp3) is 0.250. The summed E-state index contributed by atoms with van der Waals surface area (Å²) in [4.78, 5) is 10.7. The molecule has 1 aromatic heterocycles. The molecule has 0 saturated carbocycles. The Kier molecular flexibility index (Phi) is 4.35. The van der Waals surface area contributed by atoms with Gasteiger partial charge in [-0.05, 0) is 29.5 Å². The zero-order valence-corrected chi connectivity index (χ0v) is 12.5. The molecule has 1 aromatic carbocycles. The molecular weight excluding hydrogens is 359 g/mol. The van der Waals surface area contributed by atoms with Crippen molar-refractivity contribution in [1.29, 1.82) is 0 Å². The first-order valence-electron chi connectivity index (χ1n) is 5.80. The molecule has 1 N–H and O–H groups in total. The number of para-hydroxylation sites is 1. The Balaban J connectivity index is 2.38. The first-order chi connectivity index (χ1) is 9.11. The van der Waals surface area contributed by atoms with Crippen molar-refractivity contribution < 1.29 is 4.92 Å². The van der Waals surface area contributed by atoms with Crippen LogP contribution in [-0.2, 0) is 6.54 Å². The number of aromatic nitrogens is 2. The SMILES string of the molecule is CCNc1c(Cn2cc(I)cn2)cccc1[N+](=O)[O-]. The van der Waals surface area contributed by atoms with Crippen molar-refractivity contribution in [2.75, 3.05) is 11.9 Å². The average Bonchev–Trinajstić information content (AvgIpc) is 2.77. The average molecular weight is 372 g/mol. The monoisotopic (exact) mass is 372 g/mol. The summed E-state index contributed by atoms with van der Waals surface area (Å²) in [7, 11) is 0. The van der Waals surface area contributed by atoms with Gasteiger partial charge in [-0.1, -0.05) is 12.1 Å². The minimum absolute atomic E-state index is 0.0983. The fourth-order valence-corrected chi connectivity index (χ4v) is 2.30. The van der Waals surface area contributed by atoms with E-state index in [1.165, 1.54) is 6.07 Å². The van der Waals surface area contributed by atoms with E-state index < -0.39 is 0 Å². The van der Waals surface area contributed by atoms with Gasteiger partial charge in [0.1, 0.15) is 5.69 Å². The zero-order valence-electron chi connectivity index (χ0n) is 10.3. The fourth-order valence-electron chi connectivity index (χ4n) is 1.85. The highest BCUT2D eigenvalue weighted by atomic mass is 127. The van der Waals surface area contributed by atoms with Gasteiger partial charge in [0.05, 0.1) is 21.2 Å². The van der Waals surface area contributed by atoms with Gasteiger partial charge in [0.25, 0.3) is 5.69 Å². The number of nitro benzene ring substituents is 1. The summed E-state index contributed by atoms with van der Waals surface area (Å²) < 4.78 is 2.80. The number of hydrogen-bond acceptors (Lipinski definition) is 4. The van der Waals surface area contributed by atoms with Crippen LogP contribution in [-0.4, -0.2) is 21.2 Å². The van der Waals surface area contributed by atoms with Crippen LogP contribution >= 0.6 is 22.6 Å². The van der Waals surface area contributed by atoms with Gasteiger partial charge in [0, 0.05) is 24.4 Å². The van der Waals surface area contributed by atoms with Crippen molar-refractivity contribution in [3.63, 3.8) is 0 Å². The standard InChI is InChI=1S/C12H13IN4O2/c1-2-14-12-9(4-3-5-11(12)17(18)19)7-16-8-10(13)6-15-16/h3-6,8,14H,2,7H2,1H3. The molecule has 0 unspecified atom stereocenters. The Bertz CT molecular complexity index is 597. The molecule has 0 aliphatic carbocycles. The van der Waals surface area contributed by atoms with Crippen LogP contribution in [0.15, 0.2) is 30.6 Å². The van der Waals surface area contributed by atoms with Gasteiger partial charge in [-0.3, -0.25) is 14.8 Å². The Hall–Kier alpha value is -1.64. The molecule has 0 fully saturated rings. The molecule has 100 valence electrons. The van der Waals surface area contributed by atoms with Crippen molar-refractivity contribution in [2.45, 2.75) is 13.5 Å². The van der Waals surface area contributed by atoms with Crippen LogP contribution in [0.3, 0.4) is 0 Å². The third kappa shape index (κ3) is 3.22. The topological polar surface area (TPSA) is 73.0 Å². The first kappa shape index (κ1) is 13.8. The minimum Gasteiger partial charge on any atom is -0.379 e. The summed E-state index contributed by atoms with van der Waals surface area (Å²) in [5, 5.41) is 18.3. The van der Waals surface area contributed by atoms with Crippen LogP contribution in [0.5, 0.6) is 0 Å². The van der Waals surface area contributed by atoms with Crippen LogP contribution in [0, 0.1) is 13.7 Å². The number of anilines is 1. The minimum atomic E-state index is -0.367. The van der Waals surface area contributed by atoms with E-state index in [-0.39, 0.29) is 10.6 Å². The number of hydrogen-bond donors (Lipinski definition) is 1. The van der Waals surface area contributed by atoms with Gasteiger partial charge in [-0.15, -0.1) is 0 Å². The second-order valence-corrected chi connectivity index (χ2v) is 5.20. The molecule has 6 nitrogen and oxygen atoms in total. The molecule has 0 spiro atoms. The molecule has 0 atom stereocenters. The highest BCUT2D eigenvalue weighted by molar-refractivity contribution is 14.1. The number of halogens is 1. The van der Waals surface area contributed by atoms with Gasteiger partial charge in [-0.25, -0.2) is 0 Å². The van der Waals surface area contributed by atoms with Gasteiger partial charge in [0.15, 0.2) is 0 Å². The maximum Gasteiger partial charge on any atom is 0.292 e.